The Morgan fingerprint density at radius 2 is 1.91 bits per heavy atom. The number of carboxylic acid groups (broad SMARTS) is 1. The van der Waals surface area contributed by atoms with Gasteiger partial charge in [-0.2, -0.15) is 5.10 Å². The minimum atomic E-state index is -0.973. The summed E-state index contributed by atoms with van der Waals surface area (Å²) in [4.78, 5) is 25.5. The first-order valence-corrected chi connectivity index (χ1v) is 10.8. The number of nitrogens with zero attached hydrogens (tertiary/aromatic N) is 2. The maximum atomic E-state index is 14.3. The maximum absolute atomic E-state index is 14.3. The van der Waals surface area contributed by atoms with Crippen LogP contribution >= 0.6 is 0 Å². The Morgan fingerprint density at radius 1 is 1.18 bits per heavy atom. The molecule has 1 fully saturated rings. The summed E-state index contributed by atoms with van der Waals surface area (Å²) < 4.78 is 29.7. The molecule has 0 radical (unpaired) electrons. The van der Waals surface area contributed by atoms with Crippen LogP contribution in [0.4, 0.5) is 8.78 Å². The summed E-state index contributed by atoms with van der Waals surface area (Å²) in [5, 5.41) is 18.3. The molecule has 5 rings (SSSR count). The average molecular weight is 451 g/mol. The second-order valence-electron chi connectivity index (χ2n) is 9.50. The molecule has 0 atom stereocenters. The second-order valence-corrected chi connectivity index (χ2v) is 9.50. The van der Waals surface area contributed by atoms with Gasteiger partial charge in [-0.25, -0.2) is 8.78 Å². The largest absolute Gasteiger partial charge is 0.481 e. The van der Waals surface area contributed by atoms with E-state index >= 15 is 0 Å². The van der Waals surface area contributed by atoms with Crippen molar-refractivity contribution >= 4 is 27.6 Å². The number of hydrogen-bond donors (Lipinski definition) is 2. The molecule has 0 spiro atoms. The van der Waals surface area contributed by atoms with E-state index in [2.05, 4.69) is 10.2 Å². The molecule has 0 amide bonds. The molecule has 33 heavy (non-hydrogen) atoms. The van der Waals surface area contributed by atoms with Crippen LogP contribution in [0.1, 0.15) is 51.3 Å². The average Bonchev–Trinajstić information content (AvgIpc) is 3.20. The summed E-state index contributed by atoms with van der Waals surface area (Å²) in [7, 11) is 0. The molecule has 1 saturated carbocycles. The number of hydrogen-bond acceptors (Lipinski definition) is 3. The summed E-state index contributed by atoms with van der Waals surface area (Å²) in [6, 6.07) is 6.99. The van der Waals surface area contributed by atoms with E-state index in [-0.39, 0.29) is 17.5 Å². The number of carboxylic acids is 1. The number of aliphatic carboxylic acids is 1. The molecular formula is C25H23F2N3O3. The zero-order valence-electron chi connectivity index (χ0n) is 18.4. The number of aromatic amines is 1. The van der Waals surface area contributed by atoms with Crippen molar-refractivity contribution < 1.29 is 18.7 Å². The van der Waals surface area contributed by atoms with E-state index in [9.17, 15) is 23.5 Å². The van der Waals surface area contributed by atoms with E-state index in [0.29, 0.717) is 46.0 Å². The SMILES string of the molecule is CC(C)c1c(-c2ccc(F)c(F)c2)c2cc3cn[nH]c3cc2c(=O)n1[C@H]1C[C@@](C)(C(=O)O)C1. The number of rotatable bonds is 4. The fourth-order valence-corrected chi connectivity index (χ4v) is 5.09. The van der Waals surface area contributed by atoms with Crippen LogP contribution in [0.15, 0.2) is 41.3 Å². The van der Waals surface area contributed by atoms with E-state index in [4.69, 9.17) is 0 Å². The Kier molecular flexibility index (Phi) is 4.67. The van der Waals surface area contributed by atoms with Crippen LogP contribution in [0.5, 0.6) is 0 Å². The van der Waals surface area contributed by atoms with Crippen LogP contribution in [-0.4, -0.2) is 25.8 Å². The van der Waals surface area contributed by atoms with E-state index in [1.165, 1.54) is 6.07 Å². The highest BCUT2D eigenvalue weighted by atomic mass is 19.2. The minimum absolute atomic E-state index is 0.137. The van der Waals surface area contributed by atoms with Gasteiger partial charge in [-0.3, -0.25) is 14.7 Å². The third kappa shape index (κ3) is 3.15. The Balaban J connectivity index is 1.88. The summed E-state index contributed by atoms with van der Waals surface area (Å²) in [6.07, 6.45) is 2.28. The summed E-state index contributed by atoms with van der Waals surface area (Å²) in [5.74, 6) is -2.95. The number of pyridine rings is 1. The van der Waals surface area contributed by atoms with Gasteiger partial charge in [0.2, 0.25) is 0 Å². The van der Waals surface area contributed by atoms with Crippen LogP contribution < -0.4 is 5.56 Å². The molecule has 0 unspecified atom stereocenters. The van der Waals surface area contributed by atoms with Crippen molar-refractivity contribution in [2.75, 3.05) is 0 Å². The predicted molar refractivity (Wildman–Crippen MR) is 121 cm³/mol. The molecule has 6 nitrogen and oxygen atoms in total. The quantitative estimate of drug-likeness (QED) is 0.437. The van der Waals surface area contributed by atoms with Crippen molar-refractivity contribution in [3.05, 3.63) is 64.2 Å². The van der Waals surface area contributed by atoms with E-state index < -0.39 is 23.0 Å². The molecule has 2 aromatic carbocycles. The highest BCUT2D eigenvalue weighted by Gasteiger charge is 2.48. The number of fused-ring (bicyclic) bond motifs is 2. The molecule has 1 aliphatic carbocycles. The fourth-order valence-electron chi connectivity index (χ4n) is 5.09. The number of aromatic nitrogens is 3. The summed E-state index contributed by atoms with van der Waals surface area (Å²) >= 11 is 0. The van der Waals surface area contributed by atoms with E-state index in [1.54, 1.807) is 23.8 Å². The molecule has 170 valence electrons. The zero-order chi connectivity index (χ0) is 23.7. The van der Waals surface area contributed by atoms with Crippen molar-refractivity contribution in [1.29, 1.82) is 0 Å². The first-order valence-electron chi connectivity index (χ1n) is 10.8. The molecule has 0 bridgehead atoms. The number of halogens is 2. The van der Waals surface area contributed by atoms with Gasteiger partial charge in [0.15, 0.2) is 11.6 Å². The van der Waals surface area contributed by atoms with Crippen LogP contribution in [0.3, 0.4) is 0 Å². The lowest BCUT2D eigenvalue weighted by molar-refractivity contribution is -0.155. The number of carbonyl (C=O) groups is 1. The Labute approximate surface area is 187 Å². The number of H-pyrrole nitrogens is 1. The Morgan fingerprint density at radius 3 is 2.55 bits per heavy atom. The van der Waals surface area contributed by atoms with Gasteiger partial charge < -0.3 is 9.67 Å². The van der Waals surface area contributed by atoms with Gasteiger partial charge in [-0.15, -0.1) is 0 Å². The van der Waals surface area contributed by atoms with Crippen molar-refractivity contribution in [2.45, 2.75) is 45.6 Å². The first-order chi connectivity index (χ1) is 15.6. The van der Waals surface area contributed by atoms with E-state index in [0.717, 1.165) is 17.5 Å². The maximum Gasteiger partial charge on any atom is 0.309 e. The van der Waals surface area contributed by atoms with Gasteiger partial charge >= 0.3 is 5.97 Å². The second kappa shape index (κ2) is 7.23. The smallest absolute Gasteiger partial charge is 0.309 e. The Bertz CT molecular complexity index is 1500. The molecule has 8 heteroatoms. The van der Waals surface area contributed by atoms with Gasteiger partial charge in [0.05, 0.1) is 17.1 Å². The van der Waals surface area contributed by atoms with Crippen molar-refractivity contribution in [2.24, 2.45) is 5.41 Å². The highest BCUT2D eigenvalue weighted by Crippen LogP contribution is 2.50. The van der Waals surface area contributed by atoms with Crippen molar-refractivity contribution in [3.63, 3.8) is 0 Å². The number of benzene rings is 2. The molecule has 1 aliphatic rings. The lowest BCUT2D eigenvalue weighted by atomic mass is 9.66. The molecule has 4 aromatic rings. The van der Waals surface area contributed by atoms with Gasteiger partial charge in [0.25, 0.3) is 5.56 Å². The molecule has 2 heterocycles. The van der Waals surface area contributed by atoms with Crippen molar-refractivity contribution in [3.8, 4) is 11.1 Å². The zero-order valence-corrected chi connectivity index (χ0v) is 18.4. The highest BCUT2D eigenvalue weighted by molar-refractivity contribution is 6.04. The lowest BCUT2D eigenvalue weighted by Gasteiger charge is -2.44. The molecule has 0 saturated heterocycles. The molecule has 0 aliphatic heterocycles. The summed E-state index contributed by atoms with van der Waals surface area (Å²) in [5.41, 5.74) is 1.34. The van der Waals surface area contributed by atoms with Gasteiger partial charge in [-0.05, 0) is 60.9 Å². The third-order valence-corrected chi connectivity index (χ3v) is 6.82. The van der Waals surface area contributed by atoms with Gasteiger partial charge in [-0.1, -0.05) is 19.9 Å². The Hall–Kier alpha value is -3.55. The van der Waals surface area contributed by atoms with Gasteiger partial charge in [0, 0.05) is 28.1 Å². The van der Waals surface area contributed by atoms with Crippen LogP contribution in [0, 0.1) is 17.0 Å². The van der Waals surface area contributed by atoms with Crippen molar-refractivity contribution in [1.82, 2.24) is 14.8 Å². The monoisotopic (exact) mass is 451 g/mol. The van der Waals surface area contributed by atoms with E-state index in [1.807, 2.05) is 19.9 Å². The van der Waals surface area contributed by atoms with Crippen LogP contribution in [0.25, 0.3) is 32.8 Å². The number of nitrogens with one attached hydrogen (secondary N) is 1. The lowest BCUT2D eigenvalue weighted by Crippen LogP contribution is -2.46. The minimum Gasteiger partial charge on any atom is -0.481 e. The van der Waals surface area contributed by atoms with Gasteiger partial charge in [0.1, 0.15) is 0 Å². The molecular weight excluding hydrogens is 428 g/mol. The summed E-state index contributed by atoms with van der Waals surface area (Å²) in [6.45, 7) is 5.55. The standard InChI is InChI=1S/C25H23F2N3O3/c1-12(2)22-21(13-4-5-18(26)19(27)7-13)16-6-14-11-28-29-20(14)8-17(16)23(31)30(22)15-9-25(3,10-15)24(32)33/h4-8,11-12,15H,9-10H2,1-3H3,(H,28,29)(H,32,33)/t15-,25+. The predicted octanol–water partition coefficient (Wildman–Crippen LogP) is 5.37. The normalized spacial score (nSPS) is 20.5. The first kappa shape index (κ1) is 21.3. The molecule has 2 N–H and O–H groups in total. The van der Waals surface area contributed by atoms with Crippen LogP contribution in [0.2, 0.25) is 0 Å². The topological polar surface area (TPSA) is 88.0 Å². The molecule has 2 aromatic heterocycles. The fraction of sp³-hybridized carbons (Fsp3) is 0.320. The third-order valence-electron chi connectivity index (χ3n) is 6.82. The van der Waals surface area contributed by atoms with Crippen LogP contribution in [-0.2, 0) is 4.79 Å².